The van der Waals surface area contributed by atoms with Gasteiger partial charge in [-0.2, -0.15) is 0 Å². The number of aliphatic hydroxyl groups is 9. The summed E-state index contributed by atoms with van der Waals surface area (Å²) in [7, 11) is 36.5. The van der Waals surface area contributed by atoms with E-state index in [1.165, 1.54) is 132 Å². The van der Waals surface area contributed by atoms with Gasteiger partial charge in [0.15, 0.2) is 0 Å². The second kappa shape index (κ2) is 99.5. The fourth-order valence-electron chi connectivity index (χ4n) is 16.7. The fraction of sp³-hybridized carbons (Fsp3) is 0.812. The van der Waals surface area contributed by atoms with E-state index in [1.807, 2.05) is 91.5 Å². The SMILES string of the molecule is C=CCN(CC=C)C/C=C/C[N+](C)(CC=C)CC=C.C=CCN(CC=C)CC[N+](C)(CC=C)CC=C.CC(O)CN(CC[N+](C)(CC(C)O)CC(C)O)CC(C)O.CCCN(CCC)CCCC[N+](C)(CCC)CCC.CCN(CC)CC#CC[N+](C)(CC)CC.CCN(CC)CCC[N+](C)(CC)CC.CN(C)C/C=C/C[N+](C)(C)C.CN(C)CC(O)C[N+](C)(C)C.C[N+](CCO)(CCO)CCN(CCO)CCO. The van der Waals surface area contributed by atoms with Crippen molar-refractivity contribution in [3.05, 3.63) is 126 Å². The smallest absolute Gasteiger partial charge is 0.140 e. The van der Waals surface area contributed by atoms with Crippen LogP contribution in [-0.4, -0.2) is 608 Å². The zero-order valence-electron chi connectivity index (χ0n) is 102. The normalized spacial score (nSPS) is 13.6. The minimum absolute atomic E-state index is 0.0731. The van der Waals surface area contributed by atoms with Gasteiger partial charge in [0.25, 0.3) is 0 Å². The second-order valence-corrected chi connectivity index (χ2v) is 44.5. The summed E-state index contributed by atoms with van der Waals surface area (Å²) in [6.45, 7) is 109. The lowest BCUT2D eigenvalue weighted by atomic mass is 10.2. The number of quaternary nitrogens is 9. The third-order valence-electron chi connectivity index (χ3n) is 25.9. The molecule has 9 N–H and O–H groups in total. The van der Waals surface area contributed by atoms with Gasteiger partial charge in [0.1, 0.15) is 57.6 Å². The minimum atomic E-state index is -0.448. The molecule has 0 rings (SSSR count). The standard InChI is InChI=1S/C17H39N2.C17H29N2.C15H35N2O4.C15H27N2.C13H27N2.C12H29N2.C11H27N2O4.C9H21N2.C8H21N2O/c2*1-6-12-18(13-7-2)14-10-11-17-19(5,15-8-3)16-9-4;1-12(18)8-16(9-13(2)19)6-7-17(5,10-14(3)20)11-15(4)21;1-6-10-16(11-7-2)12-15-17(5,13-8-3)14-9-4;1-6-14(7-2)12-10-11-13-15(5,8-3)9-4;1-6-13(7-2)11-10-12-14(5,8-3)9-4;1-13(6-10-16,7-11-17)5-2-12(3-8-14)4-9-15;1-10(2)8-6-7-9-11(3,4)5;1-9(2)6-8(11)7-10(3,4)5/h6-17H2,1-5H3;6-11H,1-4,12-17H2,5H3;12-15,18-21H,6-11H2,1-5H3;6-9H,1-4,10-15H2,5H3;6-9,12-13H2,1-5H3;6-12H2,1-5H3;14-17H,2-11H2,1H3;6-7H,8-9H2,1-5H3;8,11H,6-7H2,1-5H3/q9*+1/b;11-10+;;;;;;7-6+;. The van der Waals surface area contributed by atoms with E-state index in [4.69, 9.17) is 20.4 Å². The highest BCUT2D eigenvalue weighted by atomic mass is 16.3. The van der Waals surface area contributed by atoms with E-state index in [9.17, 15) is 25.5 Å². The first-order valence-corrected chi connectivity index (χ1v) is 55.7. The number of aliphatic hydroxyl groups excluding tert-OH is 9. The maximum Gasteiger partial charge on any atom is 0.140 e. The average molecular weight is 2060 g/mol. The van der Waals surface area contributed by atoms with E-state index in [2.05, 4.69) is 293 Å². The van der Waals surface area contributed by atoms with Crippen LogP contribution in [0.25, 0.3) is 0 Å². The molecule has 5 atom stereocenters. The van der Waals surface area contributed by atoms with Crippen LogP contribution in [0.15, 0.2) is 126 Å². The monoisotopic (exact) mass is 2060 g/mol. The zero-order valence-corrected chi connectivity index (χ0v) is 102. The van der Waals surface area contributed by atoms with Crippen LogP contribution >= 0.6 is 0 Å². The van der Waals surface area contributed by atoms with E-state index in [0.717, 1.165) is 186 Å². The van der Waals surface area contributed by atoms with Crippen molar-refractivity contribution in [1.82, 2.24) is 44.1 Å². The first-order valence-electron chi connectivity index (χ1n) is 55.7. The summed E-state index contributed by atoms with van der Waals surface area (Å²) in [6, 6.07) is 0. The maximum absolute atomic E-state index is 9.67. The van der Waals surface area contributed by atoms with Gasteiger partial charge in [0.2, 0.25) is 0 Å². The lowest BCUT2D eigenvalue weighted by Crippen LogP contribution is -2.55. The van der Waals surface area contributed by atoms with Crippen molar-refractivity contribution in [2.45, 2.75) is 186 Å². The van der Waals surface area contributed by atoms with Gasteiger partial charge < -0.3 is 106 Å². The molecule has 27 heteroatoms. The molecular weight excluding hydrogens is 1800 g/mol. The number of unbranched alkanes of at least 4 members (excludes halogenated alkanes) is 1. The lowest BCUT2D eigenvalue weighted by Gasteiger charge is -2.38. The molecule has 0 aromatic rings. The van der Waals surface area contributed by atoms with Crippen LogP contribution in [0.5, 0.6) is 0 Å². The molecular formula is C117H255N18O9+9. The van der Waals surface area contributed by atoms with Crippen LogP contribution in [0, 0.1) is 11.8 Å². The van der Waals surface area contributed by atoms with Crippen molar-refractivity contribution in [3.8, 4) is 11.8 Å². The lowest BCUT2D eigenvalue weighted by molar-refractivity contribution is -0.914. The molecule has 0 aliphatic rings. The Morgan fingerprint density at radius 2 is 0.639 bits per heavy atom. The highest BCUT2D eigenvalue weighted by Crippen LogP contribution is 2.14. The highest BCUT2D eigenvalue weighted by molar-refractivity contribution is 5.01. The number of likely N-dealkylation sites (N-methyl/N-ethyl adjacent to an activating group) is 8. The summed E-state index contributed by atoms with van der Waals surface area (Å²) in [6.07, 6.45) is 31.9. The molecule has 858 valence electrons. The van der Waals surface area contributed by atoms with E-state index >= 15 is 0 Å². The van der Waals surface area contributed by atoms with Gasteiger partial charge in [0.05, 0.1) is 248 Å². The molecule has 27 nitrogen and oxygen atoms in total. The fourth-order valence-corrected chi connectivity index (χ4v) is 16.7. The topological polar surface area (TPSA) is 211 Å². The van der Waals surface area contributed by atoms with Crippen molar-refractivity contribution in [1.29, 1.82) is 0 Å². The molecule has 0 fully saturated rings. The quantitative estimate of drug-likeness (QED) is 0.0120. The molecule has 0 spiro atoms. The second-order valence-electron chi connectivity index (χ2n) is 44.5. The molecule has 0 heterocycles. The van der Waals surface area contributed by atoms with Crippen LogP contribution < -0.4 is 0 Å². The van der Waals surface area contributed by atoms with Crippen molar-refractivity contribution in [3.63, 3.8) is 0 Å². The molecule has 0 aliphatic heterocycles. The molecule has 0 bridgehead atoms. The summed E-state index contributed by atoms with van der Waals surface area (Å²) in [5.74, 6) is 6.58. The molecule has 0 amide bonds. The third kappa shape index (κ3) is 106. The first kappa shape index (κ1) is 158. The predicted molar refractivity (Wildman–Crippen MR) is 633 cm³/mol. The Bertz CT molecular complexity index is 2930. The predicted octanol–water partition coefficient (Wildman–Crippen LogP) is 11.1. The summed E-state index contributed by atoms with van der Waals surface area (Å²) in [5, 5.41) is 83.7. The molecule has 5 unspecified atom stereocenters. The molecule has 0 saturated carbocycles. The Morgan fingerprint density at radius 3 is 1.00 bits per heavy atom. The minimum Gasteiger partial charge on any atom is -0.395 e. The Labute approximate surface area is 896 Å². The Balaban J connectivity index is -0.000000205. The van der Waals surface area contributed by atoms with Gasteiger partial charge in [-0.05, 0) is 210 Å². The maximum atomic E-state index is 9.67. The Morgan fingerprint density at radius 1 is 0.264 bits per heavy atom. The molecule has 0 aromatic heterocycles. The third-order valence-corrected chi connectivity index (χ3v) is 25.9. The van der Waals surface area contributed by atoms with Crippen LogP contribution in [0.4, 0.5) is 0 Å². The van der Waals surface area contributed by atoms with Crippen molar-refractivity contribution in [2.24, 2.45) is 0 Å². The largest absolute Gasteiger partial charge is 0.395 e. The Kier molecular flexibility index (Phi) is 109. The molecule has 0 radical (unpaired) electrons. The summed E-state index contributed by atoms with van der Waals surface area (Å²) < 4.78 is 8.43. The van der Waals surface area contributed by atoms with E-state index in [-0.39, 0.29) is 32.5 Å². The van der Waals surface area contributed by atoms with Crippen molar-refractivity contribution in [2.75, 3.05) is 447 Å². The van der Waals surface area contributed by atoms with Crippen molar-refractivity contribution >= 4 is 0 Å². The van der Waals surface area contributed by atoms with Crippen molar-refractivity contribution < 1.29 is 86.3 Å². The highest BCUT2D eigenvalue weighted by Gasteiger charge is 2.29. The Hall–Kier alpha value is -4.12. The van der Waals surface area contributed by atoms with Crippen LogP contribution in [0.1, 0.15) is 156 Å². The molecule has 0 saturated heterocycles. The summed E-state index contributed by atoms with van der Waals surface area (Å²) in [5.41, 5.74) is 0. The summed E-state index contributed by atoms with van der Waals surface area (Å²) in [4.78, 5) is 20.3. The number of hydrogen-bond donors (Lipinski definition) is 9. The number of hydrogen-bond acceptors (Lipinski definition) is 18. The van der Waals surface area contributed by atoms with Gasteiger partial charge in [-0.1, -0.05) is 124 Å². The van der Waals surface area contributed by atoms with Gasteiger partial charge in [-0.15, -0.1) is 26.3 Å². The van der Waals surface area contributed by atoms with Gasteiger partial charge in [0, 0.05) is 105 Å². The van der Waals surface area contributed by atoms with Crippen LogP contribution in [-0.2, 0) is 0 Å². The summed E-state index contributed by atoms with van der Waals surface area (Å²) >= 11 is 0. The van der Waals surface area contributed by atoms with Crippen LogP contribution in [0.2, 0.25) is 0 Å². The average Bonchev–Trinajstić information content (AvgIpc) is 0.865. The van der Waals surface area contributed by atoms with E-state index in [1.54, 1.807) is 27.7 Å². The van der Waals surface area contributed by atoms with Gasteiger partial charge >= 0.3 is 0 Å². The van der Waals surface area contributed by atoms with E-state index < -0.39 is 24.4 Å². The number of nitrogens with zero attached hydrogens (tertiary/aromatic N) is 18. The zero-order chi connectivity index (χ0) is 113. The molecule has 0 aliphatic carbocycles. The first-order chi connectivity index (χ1) is 67.4. The van der Waals surface area contributed by atoms with Gasteiger partial charge in [-0.3, -0.25) is 24.5 Å². The van der Waals surface area contributed by atoms with Gasteiger partial charge in [-0.25, -0.2) is 0 Å². The number of rotatable bonds is 80. The van der Waals surface area contributed by atoms with E-state index in [0.29, 0.717) is 67.9 Å². The molecule has 144 heavy (non-hydrogen) atoms. The molecule has 0 aromatic carbocycles. The van der Waals surface area contributed by atoms with Crippen LogP contribution in [0.3, 0.4) is 0 Å².